The van der Waals surface area contributed by atoms with Crippen LogP contribution in [0.3, 0.4) is 0 Å². The number of hydrogen-bond acceptors (Lipinski definition) is 0. The molecule has 1 aromatic carbocycles. The fraction of sp³-hybridized carbons (Fsp3) is 0.571. The van der Waals surface area contributed by atoms with Gasteiger partial charge in [0, 0.05) is 11.4 Å². The van der Waals surface area contributed by atoms with Crippen LogP contribution in [0.5, 0.6) is 0 Å². The quantitative estimate of drug-likeness (QED) is 0.533. The van der Waals surface area contributed by atoms with Gasteiger partial charge in [-0.3, -0.25) is 0 Å². The highest BCUT2D eigenvalue weighted by Gasteiger charge is 2.23. The first-order valence-electron chi connectivity index (χ1n) is 6.25. The SMILES string of the molecule is Fc1ccc(CC2CCCCCC2Cl)c(F)c1. The highest BCUT2D eigenvalue weighted by molar-refractivity contribution is 6.20. The molecule has 0 spiro atoms. The van der Waals surface area contributed by atoms with Gasteiger partial charge in [0.25, 0.3) is 0 Å². The van der Waals surface area contributed by atoms with Gasteiger partial charge >= 0.3 is 0 Å². The molecule has 2 unspecified atom stereocenters. The van der Waals surface area contributed by atoms with Crippen molar-refractivity contribution in [3.05, 3.63) is 35.4 Å². The largest absolute Gasteiger partial charge is 0.207 e. The highest BCUT2D eigenvalue weighted by atomic mass is 35.5. The standard InChI is InChI=1S/C14H17ClF2/c15-13-5-3-1-2-4-10(13)8-11-6-7-12(16)9-14(11)17/h6-7,9-10,13H,1-5,8H2. The van der Waals surface area contributed by atoms with Gasteiger partial charge in [-0.05, 0) is 36.8 Å². The molecule has 0 bridgehead atoms. The lowest BCUT2D eigenvalue weighted by Gasteiger charge is -2.19. The third kappa shape index (κ3) is 3.41. The molecule has 0 radical (unpaired) electrons. The Morgan fingerprint density at radius 3 is 2.65 bits per heavy atom. The van der Waals surface area contributed by atoms with E-state index in [2.05, 4.69) is 0 Å². The minimum atomic E-state index is -0.519. The van der Waals surface area contributed by atoms with Crippen molar-refractivity contribution in [3.8, 4) is 0 Å². The third-order valence-corrected chi connectivity index (χ3v) is 4.14. The summed E-state index contributed by atoms with van der Waals surface area (Å²) in [7, 11) is 0. The minimum absolute atomic E-state index is 0.127. The molecular formula is C14H17ClF2. The Morgan fingerprint density at radius 2 is 1.88 bits per heavy atom. The van der Waals surface area contributed by atoms with Gasteiger partial charge < -0.3 is 0 Å². The zero-order valence-corrected chi connectivity index (χ0v) is 10.5. The van der Waals surface area contributed by atoms with E-state index in [9.17, 15) is 8.78 Å². The summed E-state index contributed by atoms with van der Waals surface area (Å²) in [6, 6.07) is 3.81. The molecule has 2 atom stereocenters. The van der Waals surface area contributed by atoms with E-state index in [0.29, 0.717) is 17.9 Å². The molecule has 17 heavy (non-hydrogen) atoms. The summed E-state index contributed by atoms with van der Waals surface area (Å²) < 4.78 is 26.4. The Bertz CT molecular complexity index is 378. The van der Waals surface area contributed by atoms with Crippen molar-refractivity contribution in [2.45, 2.75) is 43.9 Å². The van der Waals surface area contributed by atoms with Crippen LogP contribution in [0.4, 0.5) is 8.78 Å². The fourth-order valence-corrected chi connectivity index (χ4v) is 2.91. The fourth-order valence-electron chi connectivity index (χ4n) is 2.54. The smallest absolute Gasteiger partial charge is 0.129 e. The second-order valence-electron chi connectivity index (χ2n) is 4.85. The van der Waals surface area contributed by atoms with Gasteiger partial charge in [0.05, 0.1) is 0 Å². The monoisotopic (exact) mass is 258 g/mol. The van der Waals surface area contributed by atoms with Crippen LogP contribution in [0.1, 0.15) is 37.7 Å². The molecule has 1 fully saturated rings. The first-order valence-corrected chi connectivity index (χ1v) is 6.68. The highest BCUT2D eigenvalue weighted by Crippen LogP contribution is 2.30. The van der Waals surface area contributed by atoms with Crippen molar-refractivity contribution in [2.75, 3.05) is 0 Å². The summed E-state index contributed by atoms with van der Waals surface area (Å²) in [6.45, 7) is 0. The predicted molar refractivity (Wildman–Crippen MR) is 66.3 cm³/mol. The molecule has 0 nitrogen and oxygen atoms in total. The maximum absolute atomic E-state index is 13.6. The molecule has 1 aliphatic rings. The topological polar surface area (TPSA) is 0 Å². The van der Waals surface area contributed by atoms with Crippen molar-refractivity contribution >= 4 is 11.6 Å². The zero-order chi connectivity index (χ0) is 12.3. The molecule has 1 aromatic rings. The lowest BCUT2D eigenvalue weighted by atomic mass is 9.92. The second-order valence-corrected chi connectivity index (χ2v) is 5.41. The van der Waals surface area contributed by atoms with Crippen LogP contribution in [0.25, 0.3) is 0 Å². The van der Waals surface area contributed by atoms with Gasteiger partial charge in [0.2, 0.25) is 0 Å². The molecule has 0 N–H and O–H groups in total. The zero-order valence-electron chi connectivity index (χ0n) is 9.76. The van der Waals surface area contributed by atoms with Gasteiger partial charge in [0.1, 0.15) is 11.6 Å². The molecule has 0 saturated heterocycles. The van der Waals surface area contributed by atoms with Crippen LogP contribution in [-0.4, -0.2) is 5.38 Å². The molecule has 0 aliphatic heterocycles. The molecular weight excluding hydrogens is 242 g/mol. The van der Waals surface area contributed by atoms with E-state index in [1.165, 1.54) is 12.5 Å². The van der Waals surface area contributed by atoms with Gasteiger partial charge in [0.15, 0.2) is 0 Å². The summed E-state index contributed by atoms with van der Waals surface area (Å²) in [5.41, 5.74) is 0.587. The van der Waals surface area contributed by atoms with E-state index in [0.717, 1.165) is 31.7 Å². The first-order chi connectivity index (χ1) is 8.16. The lowest BCUT2D eigenvalue weighted by molar-refractivity contribution is 0.452. The summed E-state index contributed by atoms with van der Waals surface area (Å²) in [6.07, 6.45) is 6.22. The van der Waals surface area contributed by atoms with Crippen molar-refractivity contribution in [1.29, 1.82) is 0 Å². The van der Waals surface area contributed by atoms with Crippen molar-refractivity contribution in [1.82, 2.24) is 0 Å². The normalized spacial score (nSPS) is 25.6. The van der Waals surface area contributed by atoms with Crippen LogP contribution in [0.2, 0.25) is 0 Å². The van der Waals surface area contributed by atoms with Gasteiger partial charge in [-0.2, -0.15) is 0 Å². The van der Waals surface area contributed by atoms with Crippen LogP contribution >= 0.6 is 11.6 Å². The van der Waals surface area contributed by atoms with E-state index < -0.39 is 11.6 Å². The summed E-state index contributed by atoms with van der Waals surface area (Å²) >= 11 is 6.32. The number of hydrogen-bond donors (Lipinski definition) is 0. The maximum Gasteiger partial charge on any atom is 0.129 e. The molecule has 1 aliphatic carbocycles. The van der Waals surface area contributed by atoms with E-state index >= 15 is 0 Å². The van der Waals surface area contributed by atoms with E-state index in [4.69, 9.17) is 11.6 Å². The Kier molecular flexibility index (Phi) is 4.38. The van der Waals surface area contributed by atoms with E-state index in [-0.39, 0.29) is 5.38 Å². The molecule has 1 saturated carbocycles. The Balaban J connectivity index is 2.08. The second kappa shape index (κ2) is 5.81. The van der Waals surface area contributed by atoms with Gasteiger partial charge in [-0.25, -0.2) is 8.78 Å². The van der Waals surface area contributed by atoms with Crippen molar-refractivity contribution in [2.24, 2.45) is 5.92 Å². The van der Waals surface area contributed by atoms with Crippen LogP contribution in [0, 0.1) is 17.6 Å². The van der Waals surface area contributed by atoms with Gasteiger partial charge in [-0.15, -0.1) is 11.6 Å². The number of halogens is 3. The first kappa shape index (κ1) is 12.8. The maximum atomic E-state index is 13.6. The number of alkyl halides is 1. The van der Waals surface area contributed by atoms with Crippen LogP contribution in [0.15, 0.2) is 18.2 Å². The third-order valence-electron chi connectivity index (χ3n) is 3.56. The Hall–Kier alpha value is -0.630. The Morgan fingerprint density at radius 1 is 1.12 bits per heavy atom. The summed E-state index contributed by atoms with van der Waals surface area (Å²) in [5, 5.41) is 0.127. The minimum Gasteiger partial charge on any atom is -0.207 e. The molecule has 0 amide bonds. The lowest BCUT2D eigenvalue weighted by Crippen LogP contribution is -2.16. The van der Waals surface area contributed by atoms with Crippen molar-refractivity contribution in [3.63, 3.8) is 0 Å². The number of benzene rings is 1. The Labute approximate surface area is 106 Å². The average molecular weight is 259 g/mol. The van der Waals surface area contributed by atoms with E-state index in [1.54, 1.807) is 6.07 Å². The molecule has 0 aromatic heterocycles. The molecule has 3 heteroatoms. The summed E-state index contributed by atoms with van der Waals surface area (Å²) in [5.74, 6) is -0.646. The summed E-state index contributed by atoms with van der Waals surface area (Å²) in [4.78, 5) is 0. The van der Waals surface area contributed by atoms with Crippen LogP contribution in [-0.2, 0) is 6.42 Å². The van der Waals surface area contributed by atoms with Crippen molar-refractivity contribution < 1.29 is 8.78 Å². The number of rotatable bonds is 2. The predicted octanol–water partition coefficient (Wildman–Crippen LogP) is 4.70. The van der Waals surface area contributed by atoms with Crippen LogP contribution < -0.4 is 0 Å². The van der Waals surface area contributed by atoms with E-state index in [1.807, 2.05) is 0 Å². The van der Waals surface area contributed by atoms with Gasteiger partial charge in [-0.1, -0.05) is 25.3 Å². The molecule has 2 rings (SSSR count). The molecule has 0 heterocycles. The average Bonchev–Trinajstić information content (AvgIpc) is 2.48. The molecule has 94 valence electrons.